The Morgan fingerprint density at radius 2 is 1.90 bits per heavy atom. The van der Waals surface area contributed by atoms with Crippen LogP contribution in [-0.2, 0) is 6.61 Å². The summed E-state index contributed by atoms with van der Waals surface area (Å²) < 4.78 is 5.18. The lowest BCUT2D eigenvalue weighted by Crippen LogP contribution is -2.02. The lowest BCUT2D eigenvalue weighted by Gasteiger charge is -2.11. The average Bonchev–Trinajstić information content (AvgIpc) is 2.56. The Morgan fingerprint density at radius 3 is 2.29 bits per heavy atom. The molecule has 0 unspecified atom stereocenters. The predicted molar refractivity (Wildman–Crippen MR) is 82.6 cm³/mol. The van der Waals surface area contributed by atoms with Crippen LogP contribution in [0.3, 0.4) is 0 Å². The second-order valence-electron chi connectivity index (χ2n) is 4.42. The summed E-state index contributed by atoms with van der Waals surface area (Å²) in [6.07, 6.45) is -0.832. The fourth-order valence-electron chi connectivity index (χ4n) is 1.87. The number of hydrogen-bond donors (Lipinski definition) is 1. The smallest absolute Gasteiger partial charge is 0.275 e. The maximum absolute atomic E-state index is 10.5. The Kier molecular flexibility index (Phi) is 5.30. The highest BCUT2D eigenvalue weighted by Crippen LogP contribution is 2.25. The number of fused-ring (bicyclic) bond motifs is 3. The molecule has 0 spiro atoms. The van der Waals surface area contributed by atoms with Crippen LogP contribution in [0, 0.1) is 10.1 Å². The van der Waals surface area contributed by atoms with Gasteiger partial charge in [-0.25, -0.2) is 0 Å². The van der Waals surface area contributed by atoms with Gasteiger partial charge in [0.1, 0.15) is 12.4 Å². The van der Waals surface area contributed by atoms with E-state index in [9.17, 15) is 15.2 Å². The van der Waals surface area contributed by atoms with Crippen molar-refractivity contribution in [3.05, 3.63) is 69.8 Å². The van der Waals surface area contributed by atoms with Crippen molar-refractivity contribution in [2.24, 2.45) is 0 Å². The predicted octanol–water partition coefficient (Wildman–Crippen LogP) is 3.60. The van der Waals surface area contributed by atoms with Gasteiger partial charge in [0.25, 0.3) is 5.69 Å². The second-order valence-corrected chi connectivity index (χ2v) is 5.07. The first-order valence-electron chi connectivity index (χ1n) is 6.31. The van der Waals surface area contributed by atoms with Crippen LogP contribution in [0.4, 0.5) is 5.69 Å². The minimum absolute atomic E-state index is 0.0468. The molecule has 5 nitrogen and oxygen atoms in total. The van der Waals surface area contributed by atoms with E-state index in [-0.39, 0.29) is 11.0 Å². The molecular formula is C15H14BrNO4. The van der Waals surface area contributed by atoms with E-state index in [4.69, 9.17) is 4.74 Å². The number of rotatable bonds is 3. The number of alkyl halides is 1. The van der Waals surface area contributed by atoms with Crippen molar-refractivity contribution >= 4 is 21.6 Å². The Hall–Kier alpha value is -1.92. The molecule has 21 heavy (non-hydrogen) atoms. The maximum Gasteiger partial charge on any atom is 0.275 e. The number of ether oxygens (including phenoxy) is 1. The van der Waals surface area contributed by atoms with Gasteiger partial charge in [-0.15, -0.1) is 0 Å². The van der Waals surface area contributed by atoms with Crippen LogP contribution in [-0.4, -0.2) is 15.4 Å². The Morgan fingerprint density at radius 1 is 1.24 bits per heavy atom. The van der Waals surface area contributed by atoms with Crippen molar-refractivity contribution in [3.63, 3.8) is 0 Å². The van der Waals surface area contributed by atoms with Gasteiger partial charge in [-0.05, 0) is 23.8 Å². The van der Waals surface area contributed by atoms with E-state index >= 15 is 0 Å². The number of para-hydroxylation sites is 1. The normalized spacial score (nSPS) is 12.9. The van der Waals surface area contributed by atoms with E-state index in [1.165, 1.54) is 11.6 Å². The van der Waals surface area contributed by atoms with Crippen LogP contribution in [0.2, 0.25) is 0 Å². The molecule has 110 valence electrons. The number of nitro benzene ring substituents is 1. The van der Waals surface area contributed by atoms with Gasteiger partial charge >= 0.3 is 0 Å². The number of aliphatic hydroxyl groups is 1. The summed E-state index contributed by atoms with van der Waals surface area (Å²) in [7, 11) is 0. The van der Waals surface area contributed by atoms with Crippen LogP contribution in [0.5, 0.6) is 5.75 Å². The summed E-state index contributed by atoms with van der Waals surface area (Å²) in [5.74, 6) is 0.986. The number of aliphatic hydroxyl groups excluding tert-OH is 1. The molecule has 2 aliphatic heterocycles. The Balaban J connectivity index is 0.000000170. The van der Waals surface area contributed by atoms with E-state index < -0.39 is 11.0 Å². The highest BCUT2D eigenvalue weighted by molar-refractivity contribution is 9.09. The summed E-state index contributed by atoms with van der Waals surface area (Å²) in [5.41, 5.74) is 1.55. The zero-order valence-corrected chi connectivity index (χ0v) is 12.7. The topological polar surface area (TPSA) is 72.6 Å². The van der Waals surface area contributed by atoms with E-state index in [0.29, 0.717) is 5.56 Å². The van der Waals surface area contributed by atoms with E-state index in [0.717, 1.165) is 12.4 Å². The molecule has 0 saturated heterocycles. The molecule has 0 aromatic heterocycles. The summed E-state index contributed by atoms with van der Waals surface area (Å²) in [6.45, 7) is 0.766. The van der Waals surface area contributed by atoms with E-state index in [2.05, 4.69) is 28.1 Å². The second kappa shape index (κ2) is 7.19. The molecule has 2 heterocycles. The molecule has 0 aliphatic carbocycles. The number of nitrogens with zero attached hydrogens (tertiary/aromatic N) is 1. The van der Waals surface area contributed by atoms with Gasteiger partial charge in [-0.3, -0.25) is 10.1 Å². The van der Waals surface area contributed by atoms with Crippen LogP contribution >= 0.6 is 15.9 Å². The summed E-state index contributed by atoms with van der Waals surface area (Å²) in [6, 6.07) is 14.3. The zero-order chi connectivity index (χ0) is 15.2. The summed E-state index contributed by atoms with van der Waals surface area (Å²) >= 11 is 3.06. The van der Waals surface area contributed by atoms with Gasteiger partial charge < -0.3 is 9.84 Å². The van der Waals surface area contributed by atoms with Crippen LogP contribution < -0.4 is 4.74 Å². The molecule has 2 aliphatic rings. The highest BCUT2D eigenvalue weighted by Gasteiger charge is 2.18. The third-order valence-corrected chi connectivity index (χ3v) is 3.58. The first-order valence-corrected chi connectivity index (χ1v) is 7.43. The number of halogens is 1. The third-order valence-electron chi connectivity index (χ3n) is 2.97. The SMILES string of the molecule is O=[N+]([O-])c1ccccc1[C@@H](O)CBr.c1cc2ccc1CO2. The lowest BCUT2D eigenvalue weighted by molar-refractivity contribution is -0.386. The quantitative estimate of drug-likeness (QED) is 0.520. The molecule has 1 atom stereocenters. The lowest BCUT2D eigenvalue weighted by atomic mass is 10.1. The number of nitro groups is 1. The van der Waals surface area contributed by atoms with Crippen molar-refractivity contribution in [2.45, 2.75) is 12.7 Å². The fourth-order valence-corrected chi connectivity index (χ4v) is 2.22. The minimum Gasteiger partial charge on any atom is -0.489 e. The fraction of sp³-hybridized carbons (Fsp3) is 0.200. The Labute approximate surface area is 130 Å². The van der Waals surface area contributed by atoms with Crippen LogP contribution in [0.25, 0.3) is 0 Å². The van der Waals surface area contributed by atoms with E-state index in [1.807, 2.05) is 12.1 Å². The molecule has 1 N–H and O–H groups in total. The average molecular weight is 352 g/mol. The molecule has 2 aromatic carbocycles. The number of hydrogen-bond acceptors (Lipinski definition) is 4. The van der Waals surface area contributed by atoms with Crippen molar-refractivity contribution in [2.75, 3.05) is 5.33 Å². The van der Waals surface area contributed by atoms with Gasteiger partial charge in [0, 0.05) is 11.4 Å². The highest BCUT2D eigenvalue weighted by atomic mass is 79.9. The van der Waals surface area contributed by atoms with Crippen LogP contribution in [0.15, 0.2) is 48.5 Å². The molecule has 0 amide bonds. The zero-order valence-electron chi connectivity index (χ0n) is 11.1. The standard InChI is InChI=1S/C8H8BrNO3.C7H6O/c9-5-8(11)6-3-1-2-4-7(6)10(12)13;1-3-7-4-2-6(1)5-8-7/h1-4,8,11H,5H2;1-4H,5H2/t8-;/m0./s1. The first-order chi connectivity index (χ1) is 10.1. The molecule has 0 radical (unpaired) electrons. The molecule has 2 aromatic rings. The van der Waals surface area contributed by atoms with Gasteiger partial charge in [0.2, 0.25) is 0 Å². The van der Waals surface area contributed by atoms with Crippen molar-refractivity contribution in [1.82, 2.24) is 0 Å². The minimum atomic E-state index is -0.832. The third kappa shape index (κ3) is 4.03. The monoisotopic (exact) mass is 351 g/mol. The van der Waals surface area contributed by atoms with Gasteiger partial charge in [0.05, 0.1) is 16.6 Å². The molecule has 0 saturated carbocycles. The molecular weight excluding hydrogens is 338 g/mol. The van der Waals surface area contributed by atoms with Gasteiger partial charge in [0.15, 0.2) is 0 Å². The molecule has 2 bridgehead atoms. The first kappa shape index (κ1) is 15.5. The Bertz CT molecular complexity index is 592. The van der Waals surface area contributed by atoms with Gasteiger partial charge in [-0.2, -0.15) is 0 Å². The summed E-state index contributed by atoms with van der Waals surface area (Å²) in [5, 5.41) is 20.2. The van der Waals surface area contributed by atoms with Crippen molar-refractivity contribution in [1.29, 1.82) is 0 Å². The van der Waals surface area contributed by atoms with Crippen molar-refractivity contribution < 1.29 is 14.8 Å². The molecule has 4 rings (SSSR count). The number of benzene rings is 2. The van der Waals surface area contributed by atoms with Gasteiger partial charge in [-0.1, -0.05) is 40.2 Å². The van der Waals surface area contributed by atoms with E-state index in [1.54, 1.807) is 18.2 Å². The largest absolute Gasteiger partial charge is 0.489 e. The molecule has 0 fully saturated rings. The molecule has 6 heteroatoms. The van der Waals surface area contributed by atoms with Crippen molar-refractivity contribution in [3.8, 4) is 5.75 Å². The van der Waals surface area contributed by atoms with Crippen LogP contribution in [0.1, 0.15) is 17.2 Å². The summed E-state index contributed by atoms with van der Waals surface area (Å²) in [4.78, 5) is 10.0. The maximum atomic E-state index is 10.5.